The van der Waals surface area contributed by atoms with E-state index in [1.807, 2.05) is 13.8 Å². The highest BCUT2D eigenvalue weighted by atomic mass is 19.1. The molecule has 1 aliphatic rings. The van der Waals surface area contributed by atoms with Crippen LogP contribution in [-0.4, -0.2) is 38.5 Å². The Morgan fingerprint density at radius 3 is 2.72 bits per heavy atom. The number of benzene rings is 3. The Morgan fingerprint density at radius 1 is 1.09 bits per heavy atom. The van der Waals surface area contributed by atoms with Gasteiger partial charge in [-0.2, -0.15) is 0 Å². The van der Waals surface area contributed by atoms with E-state index in [1.165, 1.54) is 30.5 Å². The number of carboxylic acids is 1. The highest BCUT2D eigenvalue weighted by Crippen LogP contribution is 2.39. The minimum absolute atomic E-state index is 0.0325. The van der Waals surface area contributed by atoms with Gasteiger partial charge in [0, 0.05) is 65.9 Å². The Kier molecular flexibility index (Phi) is 8.81. The maximum absolute atomic E-state index is 16.0. The SMILES string of the molecule is CC1(C)CCC(c2cccc(CCC(=O)O)c2F)c2cnc([nH]2)-c2cc(ccc2F)Oc2c(F)cc3[nH]ccc3c2CCC(=O)NC1. The molecule has 2 aromatic heterocycles. The van der Waals surface area contributed by atoms with Gasteiger partial charge in [0.15, 0.2) is 11.6 Å². The number of hydrogen-bond acceptors (Lipinski definition) is 4. The molecule has 11 heteroatoms. The van der Waals surface area contributed by atoms with E-state index in [1.54, 1.807) is 30.5 Å². The lowest BCUT2D eigenvalue weighted by Crippen LogP contribution is -2.34. The van der Waals surface area contributed by atoms with Gasteiger partial charge in [-0.05, 0) is 66.5 Å². The Hall–Kier alpha value is -5.06. The third kappa shape index (κ3) is 6.89. The molecular weight excluding hydrogens is 609 g/mol. The predicted molar refractivity (Wildman–Crippen MR) is 171 cm³/mol. The highest BCUT2D eigenvalue weighted by Gasteiger charge is 2.28. The second-order valence-corrected chi connectivity index (χ2v) is 12.8. The smallest absolute Gasteiger partial charge is 0.303 e. The summed E-state index contributed by atoms with van der Waals surface area (Å²) in [5.74, 6) is -3.20. The summed E-state index contributed by atoms with van der Waals surface area (Å²) >= 11 is 0. The van der Waals surface area contributed by atoms with E-state index < -0.39 is 34.8 Å². The fourth-order valence-corrected chi connectivity index (χ4v) is 6.17. The number of aryl methyl sites for hydroxylation is 2. The molecule has 0 spiro atoms. The number of aromatic nitrogens is 3. The molecule has 0 saturated carbocycles. The summed E-state index contributed by atoms with van der Waals surface area (Å²) in [7, 11) is 0. The number of nitrogens with zero attached hydrogens (tertiary/aromatic N) is 1. The van der Waals surface area contributed by atoms with Crippen molar-refractivity contribution in [2.75, 3.05) is 6.54 Å². The first-order valence-corrected chi connectivity index (χ1v) is 15.6. The van der Waals surface area contributed by atoms with Crippen molar-refractivity contribution >= 4 is 22.8 Å². The van der Waals surface area contributed by atoms with Gasteiger partial charge in [-0.1, -0.05) is 32.0 Å². The van der Waals surface area contributed by atoms with E-state index in [9.17, 15) is 9.59 Å². The van der Waals surface area contributed by atoms with Crippen molar-refractivity contribution in [2.24, 2.45) is 5.41 Å². The third-order valence-corrected chi connectivity index (χ3v) is 8.82. The van der Waals surface area contributed by atoms with Crippen LogP contribution >= 0.6 is 0 Å². The van der Waals surface area contributed by atoms with Crippen LogP contribution in [0.15, 0.2) is 60.9 Å². The van der Waals surface area contributed by atoms with E-state index in [0.717, 1.165) is 0 Å². The summed E-state index contributed by atoms with van der Waals surface area (Å²) in [4.78, 5) is 34.9. The zero-order valence-corrected chi connectivity index (χ0v) is 26.1. The third-order valence-electron chi connectivity index (χ3n) is 8.82. The topological polar surface area (TPSA) is 120 Å². The van der Waals surface area contributed by atoms with Gasteiger partial charge in [0.1, 0.15) is 23.2 Å². The average molecular weight is 645 g/mol. The van der Waals surface area contributed by atoms with Crippen LogP contribution in [0.4, 0.5) is 13.2 Å². The molecule has 1 amide bonds. The van der Waals surface area contributed by atoms with Gasteiger partial charge in [-0.3, -0.25) is 9.59 Å². The molecule has 6 rings (SSSR count). The molecular formula is C36H35F3N4O4. The van der Waals surface area contributed by atoms with Gasteiger partial charge >= 0.3 is 5.97 Å². The van der Waals surface area contributed by atoms with Crippen molar-refractivity contribution in [3.8, 4) is 22.9 Å². The van der Waals surface area contributed by atoms with Crippen molar-refractivity contribution in [1.82, 2.24) is 20.3 Å². The number of rotatable bonds is 4. The fraction of sp³-hybridized carbons (Fsp3) is 0.306. The van der Waals surface area contributed by atoms with Crippen molar-refractivity contribution in [3.63, 3.8) is 0 Å². The number of carbonyl (C=O) groups is 2. The summed E-state index contributed by atoms with van der Waals surface area (Å²) in [5, 5.41) is 12.9. The van der Waals surface area contributed by atoms with Crippen molar-refractivity contribution in [2.45, 2.75) is 58.3 Å². The largest absolute Gasteiger partial charge is 0.481 e. The number of aliphatic carboxylic acids is 1. The van der Waals surface area contributed by atoms with E-state index in [2.05, 4.69) is 20.3 Å². The molecule has 0 saturated heterocycles. The summed E-state index contributed by atoms with van der Waals surface area (Å²) in [6.45, 7) is 4.35. The molecule has 4 N–H and O–H groups in total. The lowest BCUT2D eigenvalue weighted by Gasteiger charge is -2.28. The molecule has 0 fully saturated rings. The summed E-state index contributed by atoms with van der Waals surface area (Å²) in [5.41, 5.74) is 1.93. The number of aromatic amines is 2. The van der Waals surface area contributed by atoms with Gasteiger partial charge in [0.05, 0.1) is 5.56 Å². The van der Waals surface area contributed by atoms with E-state index in [-0.39, 0.29) is 60.0 Å². The predicted octanol–water partition coefficient (Wildman–Crippen LogP) is 7.79. The first-order valence-electron chi connectivity index (χ1n) is 15.6. The van der Waals surface area contributed by atoms with Crippen LogP contribution in [-0.2, 0) is 22.4 Å². The summed E-state index contributed by atoms with van der Waals surface area (Å²) < 4.78 is 52.8. The van der Waals surface area contributed by atoms with Gasteiger partial charge in [-0.25, -0.2) is 18.2 Å². The number of imidazole rings is 1. The van der Waals surface area contributed by atoms with Crippen LogP contribution in [0.2, 0.25) is 0 Å². The van der Waals surface area contributed by atoms with Crippen LogP contribution in [0.5, 0.6) is 11.5 Å². The molecule has 8 nitrogen and oxygen atoms in total. The quantitative estimate of drug-likeness (QED) is 0.159. The number of nitrogens with one attached hydrogen (secondary N) is 3. The van der Waals surface area contributed by atoms with Gasteiger partial charge in [0.25, 0.3) is 0 Å². The second kappa shape index (κ2) is 13.0. The Labute approximate surface area is 269 Å². The fourth-order valence-electron chi connectivity index (χ4n) is 6.17. The number of amides is 1. The number of halogens is 3. The second-order valence-electron chi connectivity index (χ2n) is 12.8. The average Bonchev–Trinajstić information content (AvgIpc) is 3.71. The van der Waals surface area contributed by atoms with Crippen molar-refractivity contribution < 1.29 is 32.6 Å². The summed E-state index contributed by atoms with van der Waals surface area (Å²) in [6.07, 6.45) is 4.34. The molecule has 1 unspecified atom stereocenters. The minimum Gasteiger partial charge on any atom is -0.481 e. The maximum atomic E-state index is 16.0. The Balaban J connectivity index is 1.44. The standard InChI is InChI=1S/C36H35F3N4O4/c1-36(2)14-12-22(24-5-3-4-20(33(24)39)6-11-32(45)46)30-18-41-35(43-30)26-16-21(7-9-27(26)37)47-34-25(8-10-31(44)42-19-36)23-13-15-40-29(23)17-28(34)38/h3-5,7,9,13,15-18,22,40H,6,8,10-12,14,19H2,1-2H3,(H,41,43)(H,42,44)(H,45,46). The van der Waals surface area contributed by atoms with Crippen molar-refractivity contribution in [1.29, 1.82) is 0 Å². The maximum Gasteiger partial charge on any atom is 0.303 e. The molecule has 244 valence electrons. The lowest BCUT2D eigenvalue weighted by molar-refractivity contribution is -0.137. The van der Waals surface area contributed by atoms with Crippen LogP contribution in [0.25, 0.3) is 22.3 Å². The lowest BCUT2D eigenvalue weighted by atomic mass is 9.81. The Morgan fingerprint density at radius 2 is 1.91 bits per heavy atom. The molecule has 3 heterocycles. The van der Waals surface area contributed by atoms with E-state index >= 15 is 13.2 Å². The molecule has 1 aliphatic heterocycles. The highest BCUT2D eigenvalue weighted by molar-refractivity contribution is 5.86. The van der Waals surface area contributed by atoms with Crippen LogP contribution in [0, 0.1) is 22.9 Å². The van der Waals surface area contributed by atoms with Crippen molar-refractivity contribution in [3.05, 3.63) is 101 Å². The minimum atomic E-state index is -1.02. The molecule has 1 atom stereocenters. The number of fused-ring (bicyclic) bond motifs is 8. The first kappa shape index (κ1) is 31.9. The van der Waals surface area contributed by atoms with E-state index in [4.69, 9.17) is 9.84 Å². The summed E-state index contributed by atoms with van der Waals surface area (Å²) in [6, 6.07) is 12.1. The molecule has 0 radical (unpaired) electrons. The normalized spacial score (nSPS) is 16.9. The number of carbonyl (C=O) groups excluding carboxylic acids is 1. The van der Waals surface area contributed by atoms with Crippen LogP contribution < -0.4 is 10.1 Å². The van der Waals surface area contributed by atoms with E-state index in [0.29, 0.717) is 47.1 Å². The number of carboxylic acid groups (broad SMARTS) is 1. The zero-order valence-electron chi connectivity index (χ0n) is 26.1. The molecule has 5 aromatic rings. The Bertz CT molecular complexity index is 1970. The van der Waals surface area contributed by atoms with Crippen LogP contribution in [0.3, 0.4) is 0 Å². The number of hydrogen-bond donors (Lipinski definition) is 4. The van der Waals surface area contributed by atoms with Gasteiger partial charge in [0.2, 0.25) is 5.91 Å². The zero-order chi connectivity index (χ0) is 33.3. The molecule has 3 aromatic carbocycles. The molecule has 47 heavy (non-hydrogen) atoms. The number of ether oxygens (including phenoxy) is 1. The number of H-pyrrole nitrogens is 2. The molecule has 4 bridgehead atoms. The molecule has 0 aliphatic carbocycles. The van der Waals surface area contributed by atoms with Gasteiger partial charge in [-0.15, -0.1) is 0 Å². The van der Waals surface area contributed by atoms with Crippen LogP contribution in [0.1, 0.15) is 67.8 Å². The van der Waals surface area contributed by atoms with Gasteiger partial charge < -0.3 is 25.1 Å². The monoisotopic (exact) mass is 644 g/mol. The first-order chi connectivity index (χ1) is 22.5.